The molecule has 0 spiro atoms. The molecular weight excluding hydrogens is 314 g/mol. The second-order valence-corrected chi connectivity index (χ2v) is 7.88. The van der Waals surface area contributed by atoms with Gasteiger partial charge in [-0.05, 0) is 36.6 Å². The molecule has 0 fully saturated rings. The highest BCUT2D eigenvalue weighted by atomic mass is 32.2. The maximum atomic E-state index is 12.4. The summed E-state index contributed by atoms with van der Waals surface area (Å²) in [5, 5.41) is 2.95. The van der Waals surface area contributed by atoms with Crippen LogP contribution in [0.3, 0.4) is 0 Å². The molecule has 1 aromatic carbocycles. The Morgan fingerprint density at radius 3 is 2.78 bits per heavy atom. The Kier molecular flexibility index (Phi) is 5.64. The molecule has 1 heterocycles. The van der Waals surface area contributed by atoms with E-state index in [1.165, 1.54) is 10.6 Å². The first kappa shape index (κ1) is 17.7. The average molecular weight is 339 g/mol. The molecule has 1 aliphatic heterocycles. The Morgan fingerprint density at radius 2 is 2.17 bits per heavy atom. The van der Waals surface area contributed by atoms with Crippen molar-refractivity contribution in [2.24, 2.45) is 5.73 Å². The number of rotatable bonds is 7. The van der Waals surface area contributed by atoms with Crippen molar-refractivity contribution in [3.05, 3.63) is 29.3 Å². The maximum Gasteiger partial charge on any atom is 0.251 e. The van der Waals surface area contributed by atoms with Gasteiger partial charge in [-0.2, -0.15) is 0 Å². The van der Waals surface area contributed by atoms with Gasteiger partial charge in [0, 0.05) is 24.7 Å². The summed E-state index contributed by atoms with van der Waals surface area (Å²) in [7, 11) is -3.27. The van der Waals surface area contributed by atoms with Crippen LogP contribution in [0.1, 0.15) is 42.1 Å². The average Bonchev–Trinajstić information content (AvgIpc) is 2.94. The number of fused-ring (bicyclic) bond motifs is 1. The fraction of sp³-hybridized carbons (Fsp3) is 0.562. The Balaban J connectivity index is 2.12. The third-order valence-electron chi connectivity index (χ3n) is 4.12. The highest BCUT2D eigenvalue weighted by molar-refractivity contribution is 7.92. The van der Waals surface area contributed by atoms with Crippen molar-refractivity contribution in [2.45, 2.75) is 38.6 Å². The van der Waals surface area contributed by atoms with E-state index in [-0.39, 0.29) is 11.9 Å². The summed E-state index contributed by atoms with van der Waals surface area (Å²) < 4.78 is 24.8. The molecule has 23 heavy (non-hydrogen) atoms. The molecule has 1 aromatic rings. The number of carbonyl (C=O) groups excluding carboxylic acids is 1. The molecule has 0 radical (unpaired) electrons. The van der Waals surface area contributed by atoms with Gasteiger partial charge in [-0.15, -0.1) is 0 Å². The van der Waals surface area contributed by atoms with Gasteiger partial charge < -0.3 is 11.1 Å². The molecule has 2 rings (SSSR count). The third-order valence-corrected chi connectivity index (χ3v) is 5.30. The molecule has 0 aromatic heterocycles. The van der Waals surface area contributed by atoms with E-state index in [1.807, 2.05) is 0 Å². The highest BCUT2D eigenvalue weighted by Gasteiger charge is 2.26. The number of nitrogens with two attached hydrogens (primary N) is 1. The first-order valence-corrected chi connectivity index (χ1v) is 9.83. The second kappa shape index (κ2) is 7.31. The summed E-state index contributed by atoms with van der Waals surface area (Å²) in [6, 6.07) is 5.14. The van der Waals surface area contributed by atoms with Gasteiger partial charge in [0.05, 0.1) is 11.9 Å². The lowest BCUT2D eigenvalue weighted by Gasteiger charge is -2.18. The normalized spacial score (nSPS) is 15.3. The van der Waals surface area contributed by atoms with E-state index in [0.717, 1.165) is 24.8 Å². The molecule has 7 heteroatoms. The van der Waals surface area contributed by atoms with Crippen LogP contribution in [-0.2, 0) is 16.4 Å². The summed E-state index contributed by atoms with van der Waals surface area (Å²) in [5.74, 6) is -0.155. The predicted molar refractivity (Wildman–Crippen MR) is 92.2 cm³/mol. The van der Waals surface area contributed by atoms with Gasteiger partial charge in [-0.25, -0.2) is 8.42 Å². The van der Waals surface area contributed by atoms with Gasteiger partial charge in [-0.3, -0.25) is 9.10 Å². The van der Waals surface area contributed by atoms with Crippen molar-refractivity contribution in [3.8, 4) is 0 Å². The maximum absolute atomic E-state index is 12.4. The molecule has 1 unspecified atom stereocenters. The topological polar surface area (TPSA) is 92.5 Å². The summed E-state index contributed by atoms with van der Waals surface area (Å²) in [6.45, 7) is 2.95. The monoisotopic (exact) mass is 339 g/mol. The summed E-state index contributed by atoms with van der Waals surface area (Å²) in [6.07, 6.45) is 4.77. The van der Waals surface area contributed by atoms with Crippen LogP contribution in [0.15, 0.2) is 18.2 Å². The van der Waals surface area contributed by atoms with E-state index in [1.54, 1.807) is 18.2 Å². The highest BCUT2D eigenvalue weighted by Crippen LogP contribution is 2.30. The fourth-order valence-electron chi connectivity index (χ4n) is 2.83. The predicted octanol–water partition coefficient (Wildman–Crippen LogP) is 1.26. The molecule has 1 amide bonds. The van der Waals surface area contributed by atoms with Crippen LogP contribution >= 0.6 is 0 Å². The van der Waals surface area contributed by atoms with Crippen molar-refractivity contribution in [1.29, 1.82) is 0 Å². The van der Waals surface area contributed by atoms with Gasteiger partial charge >= 0.3 is 0 Å². The largest absolute Gasteiger partial charge is 0.348 e. The third kappa shape index (κ3) is 4.23. The van der Waals surface area contributed by atoms with E-state index >= 15 is 0 Å². The van der Waals surface area contributed by atoms with Crippen molar-refractivity contribution < 1.29 is 13.2 Å². The van der Waals surface area contributed by atoms with E-state index < -0.39 is 10.0 Å². The van der Waals surface area contributed by atoms with Crippen molar-refractivity contribution in [3.63, 3.8) is 0 Å². The number of sulfonamides is 1. The van der Waals surface area contributed by atoms with Crippen LogP contribution in [0.5, 0.6) is 0 Å². The van der Waals surface area contributed by atoms with Gasteiger partial charge in [0.15, 0.2) is 0 Å². The minimum absolute atomic E-state index is 0.0248. The molecule has 0 saturated heterocycles. The molecule has 0 bridgehead atoms. The van der Waals surface area contributed by atoms with Crippen molar-refractivity contribution >= 4 is 21.6 Å². The SMILES string of the molecule is CCCCC(CN)NC(=O)c1ccc2c(c1)CCN2S(C)(=O)=O. The number of amides is 1. The summed E-state index contributed by atoms with van der Waals surface area (Å²) >= 11 is 0. The van der Waals surface area contributed by atoms with Crippen LogP contribution < -0.4 is 15.4 Å². The lowest BCUT2D eigenvalue weighted by Crippen LogP contribution is -2.40. The number of carbonyl (C=O) groups is 1. The zero-order valence-electron chi connectivity index (χ0n) is 13.7. The Morgan fingerprint density at radius 1 is 1.43 bits per heavy atom. The quantitative estimate of drug-likeness (QED) is 0.782. The second-order valence-electron chi connectivity index (χ2n) is 5.98. The van der Waals surface area contributed by atoms with E-state index in [9.17, 15) is 13.2 Å². The molecule has 3 N–H and O–H groups in total. The number of hydrogen-bond donors (Lipinski definition) is 2. The zero-order chi connectivity index (χ0) is 17.0. The number of unbranched alkanes of at least 4 members (excludes halogenated alkanes) is 1. The van der Waals surface area contributed by atoms with E-state index in [4.69, 9.17) is 5.73 Å². The Bertz CT molecular complexity index is 673. The lowest BCUT2D eigenvalue weighted by molar-refractivity contribution is 0.0935. The smallest absolute Gasteiger partial charge is 0.251 e. The number of anilines is 1. The molecule has 0 saturated carbocycles. The molecule has 1 aliphatic rings. The van der Waals surface area contributed by atoms with Gasteiger partial charge in [-0.1, -0.05) is 19.8 Å². The fourth-order valence-corrected chi connectivity index (χ4v) is 3.78. The first-order chi connectivity index (χ1) is 10.9. The van der Waals surface area contributed by atoms with Crippen molar-refractivity contribution in [1.82, 2.24) is 5.32 Å². The Labute approximate surface area is 138 Å². The number of hydrogen-bond acceptors (Lipinski definition) is 4. The number of benzene rings is 1. The van der Waals surface area contributed by atoms with Gasteiger partial charge in [0.25, 0.3) is 5.91 Å². The van der Waals surface area contributed by atoms with Gasteiger partial charge in [0.2, 0.25) is 10.0 Å². The van der Waals surface area contributed by atoms with E-state index in [0.29, 0.717) is 30.8 Å². The first-order valence-electron chi connectivity index (χ1n) is 7.98. The number of nitrogens with zero attached hydrogens (tertiary/aromatic N) is 1. The van der Waals surface area contributed by atoms with Crippen molar-refractivity contribution in [2.75, 3.05) is 23.7 Å². The molecular formula is C16H25N3O3S. The number of nitrogens with one attached hydrogen (secondary N) is 1. The minimum Gasteiger partial charge on any atom is -0.348 e. The van der Waals surface area contributed by atoms with E-state index in [2.05, 4.69) is 12.2 Å². The molecule has 1 atom stereocenters. The minimum atomic E-state index is -3.27. The summed E-state index contributed by atoms with van der Waals surface area (Å²) in [5.41, 5.74) is 7.82. The van der Waals surface area contributed by atoms with Crippen LogP contribution in [0.25, 0.3) is 0 Å². The summed E-state index contributed by atoms with van der Waals surface area (Å²) in [4.78, 5) is 12.4. The zero-order valence-corrected chi connectivity index (χ0v) is 14.5. The molecule has 6 nitrogen and oxygen atoms in total. The standard InChI is InChI=1S/C16H25N3O3S/c1-3-4-5-14(11-17)18-16(20)13-6-7-15-12(10-13)8-9-19(15)23(2,21)22/h6-7,10,14H,3-5,8-9,11,17H2,1-2H3,(H,18,20). The Hall–Kier alpha value is -1.60. The molecule has 128 valence electrons. The van der Waals surface area contributed by atoms with Gasteiger partial charge in [0.1, 0.15) is 0 Å². The van der Waals surface area contributed by atoms with Crippen LogP contribution in [0.4, 0.5) is 5.69 Å². The van der Waals surface area contributed by atoms with Crippen LogP contribution in [0.2, 0.25) is 0 Å². The van der Waals surface area contributed by atoms with Crippen LogP contribution in [-0.4, -0.2) is 39.7 Å². The molecule has 0 aliphatic carbocycles. The van der Waals surface area contributed by atoms with Crippen LogP contribution in [0, 0.1) is 0 Å². The lowest BCUT2D eigenvalue weighted by atomic mass is 10.1.